The number of aryl methyl sites for hydroxylation is 4. The first kappa shape index (κ1) is 38.7. The first-order valence-electron chi connectivity index (χ1n) is 16.4. The van der Waals surface area contributed by atoms with Gasteiger partial charge in [0.15, 0.2) is 0 Å². The van der Waals surface area contributed by atoms with Crippen LogP contribution >= 0.6 is 0 Å². The Bertz CT molecular complexity index is 1830. The third-order valence-corrected chi connectivity index (χ3v) is 10.7. The Morgan fingerprint density at radius 2 is 1.28 bits per heavy atom. The van der Waals surface area contributed by atoms with Gasteiger partial charge in [0.2, 0.25) is 6.33 Å². The van der Waals surface area contributed by atoms with Crippen molar-refractivity contribution in [3.8, 4) is 0 Å². The highest BCUT2D eigenvalue weighted by Gasteiger charge is 2.38. The standard InChI is InChI=1S/C20H32N8.2C7H8O3S/c1-4-27(12-16-28-13-9-26(10-14-28)11-15-28)19-7-5-18(6-8-19)22-23-20-24(2)17-21-25(20)3;2*1-6-2-4-7(5-3-6)11(8,9)10/h5-8,17H,4,9-16H2,1-3H3;2*2-5H,1H3,(H,8,9,10)/q+2;;/p-2. The summed E-state index contributed by atoms with van der Waals surface area (Å²) < 4.78 is 67.2. The lowest BCUT2D eigenvalue weighted by Gasteiger charge is -2.51. The molecule has 0 aliphatic carbocycles. The first-order valence-corrected chi connectivity index (χ1v) is 19.2. The fourth-order valence-corrected chi connectivity index (χ4v) is 6.67. The minimum Gasteiger partial charge on any atom is -0.744 e. The van der Waals surface area contributed by atoms with Gasteiger partial charge in [-0.3, -0.25) is 4.90 Å². The lowest BCUT2D eigenvalue weighted by molar-refractivity contribution is -0.939. The van der Waals surface area contributed by atoms with Gasteiger partial charge in [-0.1, -0.05) is 40.5 Å². The summed E-state index contributed by atoms with van der Waals surface area (Å²) in [7, 11) is -4.76. The van der Waals surface area contributed by atoms with Crippen molar-refractivity contribution in [2.24, 2.45) is 24.3 Å². The molecule has 1 aromatic heterocycles. The maximum atomic E-state index is 10.4. The molecule has 0 N–H and O–H groups in total. The molecule has 3 aliphatic heterocycles. The SMILES string of the molecule is CCN(CC[N+]12CCN(CC1)CC2)c1ccc(N=Nc2n(C)nc[n+]2C)cc1.Cc1ccc(S(=O)(=O)[O-])cc1.Cc1ccc(S(=O)(=O)[O-])cc1. The molecule has 0 radical (unpaired) electrons. The smallest absolute Gasteiger partial charge is 0.403 e. The Labute approximate surface area is 295 Å². The molecule has 3 aromatic carbocycles. The van der Waals surface area contributed by atoms with Gasteiger partial charge < -0.3 is 18.5 Å². The summed E-state index contributed by atoms with van der Waals surface area (Å²) in [5.74, 6) is 0.717. The molecule has 14 nitrogen and oxygen atoms in total. The number of aromatic nitrogens is 3. The van der Waals surface area contributed by atoms with Gasteiger partial charge in [-0.2, -0.15) is 0 Å². The van der Waals surface area contributed by atoms with Crippen LogP contribution in [-0.4, -0.2) is 104 Å². The zero-order chi connectivity index (χ0) is 36.5. The zero-order valence-electron chi connectivity index (χ0n) is 29.2. The zero-order valence-corrected chi connectivity index (χ0v) is 30.8. The molecule has 4 aromatic rings. The molecule has 50 heavy (non-hydrogen) atoms. The van der Waals surface area contributed by atoms with Gasteiger partial charge in [0.05, 0.1) is 62.3 Å². The van der Waals surface area contributed by atoms with Gasteiger partial charge in [0.25, 0.3) is 0 Å². The van der Waals surface area contributed by atoms with Gasteiger partial charge in [-0.05, 0) is 74.4 Å². The van der Waals surface area contributed by atoms with Crippen LogP contribution in [0.5, 0.6) is 0 Å². The molecule has 2 bridgehead atoms. The molecular formula is C34H46N8O6S2. The molecule has 7 rings (SSSR count). The van der Waals surface area contributed by atoms with Crippen LogP contribution in [0, 0.1) is 13.8 Å². The van der Waals surface area contributed by atoms with Crippen molar-refractivity contribution in [3.63, 3.8) is 0 Å². The number of likely N-dealkylation sites (N-methyl/N-ethyl adjacent to an activating group) is 1. The van der Waals surface area contributed by atoms with Crippen molar-refractivity contribution in [1.29, 1.82) is 0 Å². The predicted molar refractivity (Wildman–Crippen MR) is 187 cm³/mol. The molecule has 16 heteroatoms. The summed E-state index contributed by atoms with van der Waals surface area (Å²) in [4.78, 5) is 4.73. The number of hydrogen-bond acceptors (Lipinski definition) is 11. The Morgan fingerprint density at radius 3 is 1.68 bits per heavy atom. The lowest BCUT2D eigenvalue weighted by atomic mass is 10.1. The fraction of sp³-hybridized carbons (Fsp3) is 0.412. The Kier molecular flexibility index (Phi) is 13.0. The normalized spacial score (nSPS) is 18.6. The molecule has 0 spiro atoms. The van der Waals surface area contributed by atoms with E-state index in [1.54, 1.807) is 35.3 Å². The molecular weight excluding hydrogens is 681 g/mol. The number of rotatable bonds is 9. The molecule has 4 heterocycles. The second-order valence-electron chi connectivity index (χ2n) is 12.6. The largest absolute Gasteiger partial charge is 0.744 e. The van der Waals surface area contributed by atoms with E-state index in [1.165, 1.54) is 80.2 Å². The maximum Gasteiger partial charge on any atom is 0.403 e. The van der Waals surface area contributed by atoms with E-state index in [4.69, 9.17) is 0 Å². The van der Waals surface area contributed by atoms with Gasteiger partial charge >= 0.3 is 5.95 Å². The quantitative estimate of drug-likeness (QED) is 0.109. The van der Waals surface area contributed by atoms with E-state index >= 15 is 0 Å². The number of piperazine rings is 3. The summed E-state index contributed by atoms with van der Waals surface area (Å²) >= 11 is 0. The Hall–Kier alpha value is -4.06. The van der Waals surface area contributed by atoms with Gasteiger partial charge in [-0.15, -0.1) is 4.68 Å². The fourth-order valence-electron chi connectivity index (χ4n) is 5.73. The van der Waals surface area contributed by atoms with Crippen LogP contribution in [0.25, 0.3) is 0 Å². The van der Waals surface area contributed by atoms with E-state index in [2.05, 4.69) is 44.2 Å². The minimum absolute atomic E-state index is 0.178. The van der Waals surface area contributed by atoms with E-state index in [0.29, 0.717) is 0 Å². The van der Waals surface area contributed by atoms with Crippen LogP contribution in [0.1, 0.15) is 18.1 Å². The number of azo groups is 1. The highest BCUT2D eigenvalue weighted by atomic mass is 32.2. The number of anilines is 1. The summed E-state index contributed by atoms with van der Waals surface area (Å²) in [6.07, 6.45) is 1.73. The highest BCUT2D eigenvalue weighted by molar-refractivity contribution is 7.86. The number of fused-ring (bicyclic) bond motifs is 3. The minimum atomic E-state index is -4.27. The van der Waals surface area contributed by atoms with Crippen LogP contribution in [-0.2, 0) is 34.3 Å². The molecule has 0 amide bonds. The molecule has 0 atom stereocenters. The Balaban J connectivity index is 0.000000209. The van der Waals surface area contributed by atoms with Crippen LogP contribution in [0.2, 0.25) is 0 Å². The van der Waals surface area contributed by atoms with Gasteiger partial charge in [0.1, 0.15) is 20.2 Å². The van der Waals surface area contributed by atoms with E-state index in [1.807, 2.05) is 44.6 Å². The highest BCUT2D eigenvalue weighted by Crippen LogP contribution is 2.23. The van der Waals surface area contributed by atoms with Crippen molar-refractivity contribution >= 4 is 37.6 Å². The average Bonchev–Trinajstić information content (AvgIpc) is 3.41. The second-order valence-corrected chi connectivity index (χ2v) is 15.3. The summed E-state index contributed by atoms with van der Waals surface area (Å²) in [5.41, 5.74) is 3.98. The van der Waals surface area contributed by atoms with Crippen molar-refractivity contribution in [1.82, 2.24) is 14.7 Å². The molecule has 3 saturated heterocycles. The van der Waals surface area contributed by atoms with Crippen LogP contribution in [0.4, 0.5) is 17.3 Å². The van der Waals surface area contributed by atoms with Gasteiger partial charge in [-0.25, -0.2) is 21.4 Å². The van der Waals surface area contributed by atoms with Crippen molar-refractivity contribution < 1.29 is 35.0 Å². The third-order valence-electron chi connectivity index (χ3n) is 8.99. The summed E-state index contributed by atoms with van der Waals surface area (Å²) in [6.45, 7) is 17.1. The average molecular weight is 727 g/mol. The van der Waals surface area contributed by atoms with Gasteiger partial charge in [0, 0.05) is 37.0 Å². The lowest BCUT2D eigenvalue weighted by Crippen LogP contribution is -2.68. The predicted octanol–water partition coefficient (Wildman–Crippen LogP) is 3.43. The molecule has 0 saturated carbocycles. The van der Waals surface area contributed by atoms with Crippen molar-refractivity contribution in [2.45, 2.75) is 30.6 Å². The third kappa shape index (κ3) is 11.0. The van der Waals surface area contributed by atoms with Crippen LogP contribution < -0.4 is 9.47 Å². The molecule has 0 unspecified atom stereocenters. The first-order chi connectivity index (χ1) is 23.6. The monoisotopic (exact) mass is 726 g/mol. The molecule has 3 aliphatic rings. The Morgan fingerprint density at radius 1 is 0.800 bits per heavy atom. The number of quaternary nitrogens is 1. The van der Waals surface area contributed by atoms with E-state index < -0.39 is 20.2 Å². The van der Waals surface area contributed by atoms with Crippen LogP contribution in [0.3, 0.4) is 0 Å². The topological polar surface area (TPSA) is 167 Å². The van der Waals surface area contributed by atoms with Crippen LogP contribution in [0.15, 0.2) is 99.1 Å². The molecule has 3 fully saturated rings. The summed E-state index contributed by atoms with van der Waals surface area (Å²) in [5, 5.41) is 12.8. The van der Waals surface area contributed by atoms with Crippen molar-refractivity contribution in [2.75, 3.05) is 63.8 Å². The second kappa shape index (κ2) is 16.8. The van der Waals surface area contributed by atoms with E-state index in [-0.39, 0.29) is 9.79 Å². The number of benzene rings is 3. The van der Waals surface area contributed by atoms with E-state index in [9.17, 15) is 25.9 Å². The number of hydrogen-bond donors (Lipinski definition) is 0. The molecule has 270 valence electrons. The van der Waals surface area contributed by atoms with Crippen molar-refractivity contribution in [3.05, 3.63) is 90.3 Å². The van der Waals surface area contributed by atoms with E-state index in [0.717, 1.165) is 35.9 Å². The maximum absolute atomic E-state index is 10.4. The number of nitrogens with zero attached hydrogens (tertiary/aromatic N) is 8. The summed E-state index contributed by atoms with van der Waals surface area (Å²) in [6, 6.07) is 20.0.